The Kier molecular flexibility index (Phi) is 0.836. The van der Waals surface area contributed by atoms with Crippen LogP contribution < -0.4 is 0 Å². The fourth-order valence-corrected chi connectivity index (χ4v) is 0.671. The quantitative estimate of drug-likeness (QED) is 0.286. The van der Waals surface area contributed by atoms with Crippen LogP contribution in [0.15, 0.2) is 0 Å². The first-order chi connectivity index (χ1) is 1.89. The Bertz CT molecular complexity index is 22.5. The Morgan fingerprint density at radius 1 is 1.50 bits per heavy atom. The molecule has 1 heterocycles. The highest BCUT2D eigenvalue weighted by atomic mass is 33.2. The minimum atomic E-state index is 0.611. The molecule has 0 spiro atoms. The molecule has 0 aromatic rings. The highest BCUT2D eigenvalue weighted by molar-refractivity contribution is 8.96. The van der Waals surface area contributed by atoms with Gasteiger partial charge >= 0.3 is 0 Å². The minimum absolute atomic E-state index is 0.611. The summed E-state index contributed by atoms with van der Waals surface area (Å²) in [5, 5.41) is 0. The van der Waals surface area contributed by atoms with E-state index in [4.69, 9.17) is 0 Å². The van der Waals surface area contributed by atoms with Crippen molar-refractivity contribution in [2.45, 2.75) is 3.91 Å². The Morgan fingerprint density at radius 3 is 1.75 bits per heavy atom. The molecule has 24 valence electrons. The number of thiol groups is 1. The second-order valence-electron chi connectivity index (χ2n) is 0.499. The summed E-state index contributed by atoms with van der Waals surface area (Å²) in [6.45, 7) is 0. The molecule has 1 fully saturated rings. The summed E-state index contributed by atoms with van der Waals surface area (Å²) < 4.78 is 0.611. The lowest BCUT2D eigenvalue weighted by atomic mass is 11.9. The molecule has 0 N–H and O–H groups in total. The van der Waals surface area contributed by atoms with Crippen molar-refractivity contribution in [1.82, 2.24) is 0 Å². The zero-order chi connectivity index (χ0) is 2.99. The lowest BCUT2D eigenvalue weighted by Gasteiger charge is -1.47. The molecule has 0 atom stereocenters. The summed E-state index contributed by atoms with van der Waals surface area (Å²) in [7, 11) is 3.61. The van der Waals surface area contributed by atoms with Crippen LogP contribution in [0.5, 0.6) is 0 Å². The van der Waals surface area contributed by atoms with Crippen molar-refractivity contribution < 1.29 is 0 Å². The van der Waals surface area contributed by atoms with Gasteiger partial charge in [-0.2, -0.15) is 12.6 Å². The van der Waals surface area contributed by atoms with Gasteiger partial charge in [0.25, 0.3) is 0 Å². The molecule has 0 nitrogen and oxygen atoms in total. The molecule has 3 heteroatoms. The number of hydrogen-bond donors (Lipinski definition) is 1. The van der Waals surface area contributed by atoms with Crippen LogP contribution in [-0.2, 0) is 0 Å². The first kappa shape index (κ1) is 3.25. The SMILES string of the molecule is SC1SS1. The molecule has 1 rings (SSSR count). The highest BCUT2D eigenvalue weighted by Crippen LogP contribution is 2.55. The molecule has 0 aromatic carbocycles. The van der Waals surface area contributed by atoms with Gasteiger partial charge in [-0.25, -0.2) is 0 Å². The third kappa shape index (κ3) is 0.781. The van der Waals surface area contributed by atoms with Crippen molar-refractivity contribution in [3.05, 3.63) is 0 Å². The van der Waals surface area contributed by atoms with E-state index in [-0.39, 0.29) is 0 Å². The summed E-state index contributed by atoms with van der Waals surface area (Å²) in [5.74, 6) is 0. The van der Waals surface area contributed by atoms with Crippen molar-refractivity contribution in [3.63, 3.8) is 0 Å². The smallest absolute Gasteiger partial charge is 0.113 e. The van der Waals surface area contributed by atoms with Gasteiger partial charge in [0.05, 0.1) is 0 Å². The number of rotatable bonds is 0. The molecule has 0 aliphatic carbocycles. The molecule has 0 bridgehead atoms. The molecule has 1 aliphatic rings. The van der Waals surface area contributed by atoms with E-state index in [0.29, 0.717) is 3.91 Å². The van der Waals surface area contributed by atoms with E-state index in [1.165, 1.54) is 0 Å². The molecular formula is CH2S3. The van der Waals surface area contributed by atoms with E-state index >= 15 is 0 Å². The lowest BCUT2D eigenvalue weighted by Crippen LogP contribution is -1.36. The van der Waals surface area contributed by atoms with E-state index in [1.807, 2.05) is 0 Å². The fourth-order valence-electron chi connectivity index (χ4n) is 0.0248. The molecular weight excluding hydrogens is 108 g/mol. The zero-order valence-electron chi connectivity index (χ0n) is 1.84. The lowest BCUT2D eigenvalue weighted by molar-refractivity contribution is 2.23. The van der Waals surface area contributed by atoms with E-state index < -0.39 is 0 Å². The van der Waals surface area contributed by atoms with Gasteiger partial charge < -0.3 is 0 Å². The van der Waals surface area contributed by atoms with Gasteiger partial charge in [-0.1, -0.05) is 21.6 Å². The summed E-state index contributed by atoms with van der Waals surface area (Å²) in [6, 6.07) is 0. The maximum absolute atomic E-state index is 4.00. The van der Waals surface area contributed by atoms with Crippen LogP contribution in [0.2, 0.25) is 0 Å². The molecule has 0 unspecified atom stereocenters. The van der Waals surface area contributed by atoms with Crippen molar-refractivity contribution >= 4 is 34.2 Å². The van der Waals surface area contributed by atoms with E-state index in [2.05, 4.69) is 12.6 Å². The number of hydrogen-bond acceptors (Lipinski definition) is 3. The predicted molar refractivity (Wildman–Crippen MR) is 28.0 cm³/mol. The molecule has 0 aromatic heterocycles. The second kappa shape index (κ2) is 1.03. The average molecular weight is 110 g/mol. The summed E-state index contributed by atoms with van der Waals surface area (Å²) in [4.78, 5) is 0. The van der Waals surface area contributed by atoms with Crippen LogP contribution in [-0.4, -0.2) is 3.91 Å². The van der Waals surface area contributed by atoms with Crippen molar-refractivity contribution in [1.29, 1.82) is 0 Å². The van der Waals surface area contributed by atoms with Gasteiger partial charge in [-0.05, 0) is 0 Å². The Morgan fingerprint density at radius 2 is 1.75 bits per heavy atom. The maximum atomic E-state index is 4.00. The molecule has 1 saturated heterocycles. The van der Waals surface area contributed by atoms with E-state index in [1.54, 1.807) is 21.6 Å². The molecule has 0 saturated carbocycles. The maximum Gasteiger partial charge on any atom is 0.113 e. The van der Waals surface area contributed by atoms with Gasteiger partial charge in [0, 0.05) is 0 Å². The van der Waals surface area contributed by atoms with Gasteiger partial charge in [0.1, 0.15) is 3.91 Å². The summed E-state index contributed by atoms with van der Waals surface area (Å²) in [5.41, 5.74) is 0. The zero-order valence-corrected chi connectivity index (χ0v) is 4.37. The average Bonchev–Trinajstić information content (AvgIpc) is 1.75. The monoisotopic (exact) mass is 110 g/mol. The first-order valence-corrected chi connectivity index (χ1v) is 3.69. The van der Waals surface area contributed by atoms with E-state index in [0.717, 1.165) is 0 Å². The second-order valence-corrected chi connectivity index (χ2v) is 4.50. The highest BCUT2D eigenvalue weighted by Gasteiger charge is 2.17. The van der Waals surface area contributed by atoms with Crippen molar-refractivity contribution in [2.75, 3.05) is 0 Å². The fraction of sp³-hybridized carbons (Fsp3) is 1.00. The normalized spacial score (nSPS) is 26.2. The molecule has 0 amide bonds. The standard InChI is InChI=1S/CH2S3/c2-1-3-4-1/h1-2H. The predicted octanol–water partition coefficient (Wildman–Crippen LogP) is 1.59. The van der Waals surface area contributed by atoms with Crippen LogP contribution in [0.3, 0.4) is 0 Å². The van der Waals surface area contributed by atoms with Crippen LogP contribution in [0.4, 0.5) is 0 Å². The first-order valence-electron chi connectivity index (χ1n) is 0.896. The van der Waals surface area contributed by atoms with Crippen LogP contribution >= 0.6 is 34.2 Å². The van der Waals surface area contributed by atoms with Crippen LogP contribution in [0.25, 0.3) is 0 Å². The Hall–Kier alpha value is 1.05. The Labute approximate surface area is 38.5 Å². The molecule has 0 radical (unpaired) electrons. The van der Waals surface area contributed by atoms with Gasteiger partial charge in [-0.3, -0.25) is 0 Å². The van der Waals surface area contributed by atoms with Gasteiger partial charge in [0.2, 0.25) is 0 Å². The molecule has 1 aliphatic heterocycles. The van der Waals surface area contributed by atoms with Crippen LogP contribution in [0.1, 0.15) is 0 Å². The topological polar surface area (TPSA) is 0 Å². The largest absolute Gasteiger partial charge is 0.153 e. The third-order valence-corrected chi connectivity index (χ3v) is 3.19. The van der Waals surface area contributed by atoms with E-state index in [9.17, 15) is 0 Å². The molecule has 4 heavy (non-hydrogen) atoms. The van der Waals surface area contributed by atoms with Crippen molar-refractivity contribution in [2.24, 2.45) is 0 Å². The third-order valence-electron chi connectivity index (χ3n) is 0.182. The van der Waals surface area contributed by atoms with Crippen molar-refractivity contribution in [3.8, 4) is 0 Å². The summed E-state index contributed by atoms with van der Waals surface area (Å²) in [6.07, 6.45) is 0. The van der Waals surface area contributed by atoms with Gasteiger partial charge in [0.15, 0.2) is 0 Å². The Balaban J connectivity index is 2.17. The minimum Gasteiger partial charge on any atom is -0.153 e. The van der Waals surface area contributed by atoms with Crippen LogP contribution in [0, 0.1) is 0 Å². The van der Waals surface area contributed by atoms with Gasteiger partial charge in [-0.15, -0.1) is 0 Å². The summed E-state index contributed by atoms with van der Waals surface area (Å²) >= 11 is 4.00.